The van der Waals surface area contributed by atoms with Crippen molar-refractivity contribution in [2.75, 3.05) is 31.5 Å². The molecule has 4 nitrogen and oxygen atoms in total. The van der Waals surface area contributed by atoms with E-state index in [4.69, 9.17) is 5.73 Å². The van der Waals surface area contributed by atoms with E-state index in [1.54, 1.807) is 0 Å². The third-order valence-corrected chi connectivity index (χ3v) is 3.34. The van der Waals surface area contributed by atoms with E-state index in [1.807, 2.05) is 12.1 Å². The highest BCUT2D eigenvalue weighted by Gasteiger charge is 2.10. The van der Waals surface area contributed by atoms with Crippen molar-refractivity contribution in [3.8, 4) is 0 Å². The monoisotopic (exact) mass is 319 g/mol. The standard InChI is InChI=1S/C14H21N3O.2ClH/c15-11-14(18)16-13-5-3-12(4-6-13)7-10-17-8-1-2-9-17;;/h3-6H,1-2,7-11,15H2,(H,16,18);2*1H. The van der Waals surface area contributed by atoms with Crippen molar-refractivity contribution >= 4 is 36.4 Å². The lowest BCUT2D eigenvalue weighted by atomic mass is 10.1. The zero-order valence-corrected chi connectivity index (χ0v) is 13.1. The molecule has 0 spiro atoms. The SMILES string of the molecule is Cl.Cl.NCC(=O)Nc1ccc(CCN2CCCC2)cc1. The Bertz CT molecular complexity index is 392. The summed E-state index contributed by atoms with van der Waals surface area (Å²) in [6.07, 6.45) is 3.75. The van der Waals surface area contributed by atoms with Gasteiger partial charge >= 0.3 is 0 Å². The molecule has 0 atom stereocenters. The third-order valence-electron chi connectivity index (χ3n) is 3.34. The third kappa shape index (κ3) is 6.09. The molecule has 0 saturated carbocycles. The van der Waals surface area contributed by atoms with Crippen LogP contribution in [0, 0.1) is 0 Å². The molecule has 20 heavy (non-hydrogen) atoms. The summed E-state index contributed by atoms with van der Waals surface area (Å²) >= 11 is 0. The van der Waals surface area contributed by atoms with Crippen LogP contribution in [0.25, 0.3) is 0 Å². The predicted octanol–water partition coefficient (Wildman–Crippen LogP) is 2.07. The summed E-state index contributed by atoms with van der Waals surface area (Å²) in [4.78, 5) is 13.6. The van der Waals surface area contributed by atoms with Gasteiger partial charge in [0, 0.05) is 12.2 Å². The Labute approximate surface area is 132 Å². The Hall–Kier alpha value is -0.810. The number of likely N-dealkylation sites (tertiary alicyclic amines) is 1. The number of amides is 1. The number of benzene rings is 1. The van der Waals surface area contributed by atoms with Gasteiger partial charge < -0.3 is 16.0 Å². The van der Waals surface area contributed by atoms with Crippen molar-refractivity contribution in [1.29, 1.82) is 0 Å². The average molecular weight is 320 g/mol. The summed E-state index contributed by atoms with van der Waals surface area (Å²) in [5.41, 5.74) is 7.38. The zero-order chi connectivity index (χ0) is 12.8. The fraction of sp³-hybridized carbons (Fsp3) is 0.500. The first-order valence-electron chi connectivity index (χ1n) is 6.59. The Kier molecular flexibility index (Phi) is 9.59. The largest absolute Gasteiger partial charge is 0.325 e. The second-order valence-electron chi connectivity index (χ2n) is 4.75. The fourth-order valence-corrected chi connectivity index (χ4v) is 2.26. The number of nitrogens with two attached hydrogens (primary N) is 1. The molecule has 1 aliphatic rings. The first-order valence-corrected chi connectivity index (χ1v) is 6.59. The van der Waals surface area contributed by atoms with Crippen LogP contribution < -0.4 is 11.1 Å². The van der Waals surface area contributed by atoms with Gasteiger partial charge in [-0.05, 0) is 50.0 Å². The Morgan fingerprint density at radius 1 is 1.15 bits per heavy atom. The number of carbonyl (C=O) groups is 1. The lowest BCUT2D eigenvalue weighted by molar-refractivity contribution is -0.114. The van der Waals surface area contributed by atoms with Gasteiger partial charge in [0.2, 0.25) is 5.91 Å². The lowest BCUT2D eigenvalue weighted by Gasteiger charge is -2.14. The molecule has 1 aromatic rings. The van der Waals surface area contributed by atoms with E-state index in [0.29, 0.717) is 0 Å². The fourth-order valence-electron chi connectivity index (χ4n) is 2.26. The molecule has 0 bridgehead atoms. The molecule has 2 rings (SSSR count). The number of rotatable bonds is 5. The van der Waals surface area contributed by atoms with Gasteiger partial charge in [0.25, 0.3) is 0 Å². The van der Waals surface area contributed by atoms with Crippen LogP contribution in [0.4, 0.5) is 5.69 Å². The topological polar surface area (TPSA) is 58.4 Å². The van der Waals surface area contributed by atoms with Gasteiger partial charge in [0.1, 0.15) is 0 Å². The second kappa shape index (κ2) is 10.00. The van der Waals surface area contributed by atoms with Gasteiger partial charge in [-0.1, -0.05) is 12.1 Å². The summed E-state index contributed by atoms with van der Waals surface area (Å²) in [6, 6.07) is 8.02. The first-order chi connectivity index (χ1) is 8.78. The zero-order valence-electron chi connectivity index (χ0n) is 11.5. The smallest absolute Gasteiger partial charge is 0.238 e. The minimum atomic E-state index is -0.153. The molecule has 1 amide bonds. The maximum absolute atomic E-state index is 11.1. The number of halogens is 2. The molecule has 0 unspecified atom stereocenters. The summed E-state index contributed by atoms with van der Waals surface area (Å²) in [7, 11) is 0. The summed E-state index contributed by atoms with van der Waals surface area (Å²) < 4.78 is 0. The van der Waals surface area contributed by atoms with Gasteiger partial charge in [-0.25, -0.2) is 0 Å². The van der Waals surface area contributed by atoms with Gasteiger partial charge in [-0.2, -0.15) is 0 Å². The van der Waals surface area contributed by atoms with Crippen molar-refractivity contribution in [1.82, 2.24) is 4.90 Å². The van der Waals surface area contributed by atoms with Crippen LogP contribution in [0.15, 0.2) is 24.3 Å². The maximum atomic E-state index is 11.1. The normalized spacial score (nSPS) is 14.2. The Morgan fingerprint density at radius 3 is 2.30 bits per heavy atom. The van der Waals surface area contributed by atoms with Gasteiger partial charge in [0.05, 0.1) is 6.54 Å². The highest BCUT2D eigenvalue weighted by molar-refractivity contribution is 5.92. The molecule has 1 fully saturated rings. The minimum absolute atomic E-state index is 0. The molecule has 1 saturated heterocycles. The molecule has 0 aliphatic carbocycles. The van der Waals surface area contributed by atoms with E-state index in [1.165, 1.54) is 31.5 Å². The van der Waals surface area contributed by atoms with E-state index in [9.17, 15) is 4.79 Å². The highest BCUT2D eigenvalue weighted by Crippen LogP contribution is 2.12. The maximum Gasteiger partial charge on any atom is 0.238 e. The predicted molar refractivity (Wildman–Crippen MR) is 88.0 cm³/mol. The molecule has 114 valence electrons. The van der Waals surface area contributed by atoms with Crippen LogP contribution >= 0.6 is 24.8 Å². The van der Waals surface area contributed by atoms with Gasteiger partial charge in [0.15, 0.2) is 0 Å². The van der Waals surface area contributed by atoms with Crippen LogP contribution in [0.3, 0.4) is 0 Å². The van der Waals surface area contributed by atoms with Crippen molar-refractivity contribution < 1.29 is 4.79 Å². The quantitative estimate of drug-likeness (QED) is 0.873. The molecule has 6 heteroatoms. The summed E-state index contributed by atoms with van der Waals surface area (Å²) in [6.45, 7) is 3.64. The number of nitrogens with one attached hydrogen (secondary N) is 1. The molecule has 1 heterocycles. The van der Waals surface area contributed by atoms with Crippen molar-refractivity contribution in [3.05, 3.63) is 29.8 Å². The average Bonchev–Trinajstić information content (AvgIpc) is 2.91. The van der Waals surface area contributed by atoms with Crippen LogP contribution in [-0.2, 0) is 11.2 Å². The van der Waals surface area contributed by atoms with Crippen LogP contribution in [0.1, 0.15) is 18.4 Å². The summed E-state index contributed by atoms with van der Waals surface area (Å²) in [5.74, 6) is -0.153. The van der Waals surface area contributed by atoms with Crippen LogP contribution in [-0.4, -0.2) is 37.0 Å². The number of hydrogen-bond donors (Lipinski definition) is 2. The molecule has 3 N–H and O–H groups in total. The van der Waals surface area contributed by atoms with Gasteiger partial charge in [-0.3, -0.25) is 4.79 Å². The first kappa shape index (κ1) is 19.2. The highest BCUT2D eigenvalue weighted by atomic mass is 35.5. The second-order valence-corrected chi connectivity index (χ2v) is 4.75. The molecule has 1 aliphatic heterocycles. The van der Waals surface area contributed by atoms with Crippen LogP contribution in [0.2, 0.25) is 0 Å². The number of carbonyl (C=O) groups excluding carboxylic acids is 1. The number of hydrogen-bond acceptors (Lipinski definition) is 3. The molecule has 0 radical (unpaired) electrons. The molecule has 1 aromatic carbocycles. The summed E-state index contributed by atoms with van der Waals surface area (Å²) in [5, 5.41) is 2.74. The van der Waals surface area contributed by atoms with E-state index in [0.717, 1.165) is 18.7 Å². The van der Waals surface area contributed by atoms with Crippen molar-refractivity contribution in [2.24, 2.45) is 5.73 Å². The van der Waals surface area contributed by atoms with Crippen molar-refractivity contribution in [3.63, 3.8) is 0 Å². The number of anilines is 1. The minimum Gasteiger partial charge on any atom is -0.325 e. The van der Waals surface area contributed by atoms with E-state index in [2.05, 4.69) is 22.3 Å². The van der Waals surface area contributed by atoms with E-state index < -0.39 is 0 Å². The number of nitrogens with zero attached hydrogens (tertiary/aromatic N) is 1. The molecular weight excluding hydrogens is 297 g/mol. The Morgan fingerprint density at radius 2 is 1.75 bits per heavy atom. The van der Waals surface area contributed by atoms with Crippen molar-refractivity contribution in [2.45, 2.75) is 19.3 Å². The lowest BCUT2D eigenvalue weighted by Crippen LogP contribution is -2.22. The Balaban J connectivity index is 0.00000180. The molecular formula is C14H23Cl2N3O. The molecule has 0 aromatic heterocycles. The van der Waals surface area contributed by atoms with E-state index >= 15 is 0 Å². The van der Waals surface area contributed by atoms with Crippen LogP contribution in [0.5, 0.6) is 0 Å². The van der Waals surface area contributed by atoms with E-state index in [-0.39, 0.29) is 37.3 Å². The van der Waals surface area contributed by atoms with Gasteiger partial charge in [-0.15, -0.1) is 24.8 Å².